The number of rotatable bonds is 5. The van der Waals surface area contributed by atoms with E-state index in [1.807, 2.05) is 31.2 Å². The highest BCUT2D eigenvalue weighted by Gasteiger charge is 2.11. The Bertz CT molecular complexity index is 586. The van der Waals surface area contributed by atoms with Gasteiger partial charge in [-0.15, -0.1) is 11.3 Å². The van der Waals surface area contributed by atoms with Crippen molar-refractivity contribution in [2.24, 2.45) is 0 Å². The first kappa shape index (κ1) is 14.0. The lowest BCUT2D eigenvalue weighted by Crippen LogP contribution is -2.18. The van der Waals surface area contributed by atoms with Crippen LogP contribution < -0.4 is 5.32 Å². The molecule has 2 aromatic rings. The van der Waals surface area contributed by atoms with Gasteiger partial charge in [-0.1, -0.05) is 29.8 Å². The van der Waals surface area contributed by atoms with Gasteiger partial charge in [0.2, 0.25) is 5.01 Å². The van der Waals surface area contributed by atoms with E-state index >= 15 is 0 Å². The second-order valence-electron chi connectivity index (χ2n) is 4.07. The van der Waals surface area contributed by atoms with Crippen LogP contribution in [0.3, 0.4) is 0 Å². The predicted octanol–water partition coefficient (Wildman–Crippen LogP) is 3.35. The zero-order chi connectivity index (χ0) is 13.8. The first-order valence-corrected chi connectivity index (χ1v) is 6.99. The number of nitrogens with one attached hydrogen (secondary N) is 1. The van der Waals surface area contributed by atoms with E-state index in [1.54, 1.807) is 5.38 Å². The van der Waals surface area contributed by atoms with E-state index in [0.717, 1.165) is 22.6 Å². The monoisotopic (exact) mass is 296 g/mol. The van der Waals surface area contributed by atoms with Gasteiger partial charge in [-0.25, -0.2) is 9.78 Å². The Hall–Kier alpha value is -1.43. The Morgan fingerprint density at radius 3 is 2.89 bits per heavy atom. The molecule has 19 heavy (non-hydrogen) atoms. The van der Waals surface area contributed by atoms with Gasteiger partial charge in [-0.05, 0) is 18.6 Å². The molecule has 0 spiro atoms. The summed E-state index contributed by atoms with van der Waals surface area (Å²) >= 11 is 7.25. The molecule has 1 aromatic heterocycles. The lowest BCUT2D eigenvalue weighted by molar-refractivity contribution is 0.0696. The Morgan fingerprint density at radius 1 is 1.53 bits per heavy atom. The summed E-state index contributed by atoms with van der Waals surface area (Å²) in [7, 11) is 0. The summed E-state index contributed by atoms with van der Waals surface area (Å²) in [5, 5.41) is 14.6. The van der Waals surface area contributed by atoms with Crippen molar-refractivity contribution in [2.45, 2.75) is 19.5 Å². The van der Waals surface area contributed by atoms with Crippen molar-refractivity contribution in [3.05, 3.63) is 50.9 Å². The third-order valence-corrected chi connectivity index (χ3v) is 3.92. The smallest absolute Gasteiger partial charge is 0.365 e. The molecule has 0 bridgehead atoms. The van der Waals surface area contributed by atoms with Gasteiger partial charge in [0, 0.05) is 23.0 Å². The van der Waals surface area contributed by atoms with Crippen LogP contribution in [0, 0.1) is 0 Å². The highest BCUT2D eigenvalue weighted by molar-refractivity contribution is 7.11. The molecule has 0 unspecified atom stereocenters. The molecule has 4 nitrogen and oxygen atoms in total. The van der Waals surface area contributed by atoms with Crippen molar-refractivity contribution in [1.29, 1.82) is 0 Å². The van der Waals surface area contributed by atoms with E-state index in [9.17, 15) is 4.79 Å². The molecule has 0 amide bonds. The van der Waals surface area contributed by atoms with E-state index in [2.05, 4.69) is 10.3 Å². The van der Waals surface area contributed by atoms with Crippen LogP contribution in [-0.2, 0) is 6.54 Å². The molecule has 0 aliphatic heterocycles. The number of hydrogen-bond donors (Lipinski definition) is 2. The number of thiazole rings is 1. The average molecular weight is 297 g/mol. The molecule has 0 saturated heterocycles. The lowest BCUT2D eigenvalue weighted by Gasteiger charge is -2.14. The molecule has 0 aliphatic rings. The van der Waals surface area contributed by atoms with Crippen LogP contribution in [0.5, 0.6) is 0 Å². The summed E-state index contributed by atoms with van der Waals surface area (Å²) in [6.07, 6.45) is 0. The summed E-state index contributed by atoms with van der Waals surface area (Å²) in [5.74, 6) is -0.990. The second kappa shape index (κ2) is 6.14. The van der Waals surface area contributed by atoms with Gasteiger partial charge < -0.3 is 10.4 Å². The SMILES string of the molecule is C[C@@H](NCc1csc(C(=O)O)n1)c1ccccc1Cl. The molecule has 6 heteroatoms. The number of aromatic carboxylic acids is 1. The summed E-state index contributed by atoms with van der Waals surface area (Å²) in [6.45, 7) is 2.52. The minimum Gasteiger partial charge on any atom is -0.476 e. The van der Waals surface area contributed by atoms with E-state index in [0.29, 0.717) is 11.6 Å². The van der Waals surface area contributed by atoms with Crippen LogP contribution in [0.25, 0.3) is 0 Å². The van der Waals surface area contributed by atoms with E-state index < -0.39 is 5.97 Å². The Labute approximate surface area is 120 Å². The number of hydrogen-bond acceptors (Lipinski definition) is 4. The van der Waals surface area contributed by atoms with Gasteiger partial charge >= 0.3 is 5.97 Å². The van der Waals surface area contributed by atoms with Gasteiger partial charge in [-0.3, -0.25) is 0 Å². The number of carboxylic acid groups (broad SMARTS) is 1. The standard InChI is InChI=1S/C13H13ClN2O2S/c1-8(10-4-2-3-5-11(10)14)15-6-9-7-19-12(16-9)13(17)18/h2-5,7-8,15H,6H2,1H3,(H,17,18)/t8-/m1/s1. The van der Waals surface area contributed by atoms with Crippen LogP contribution in [0.1, 0.15) is 34.0 Å². The average Bonchev–Trinajstić information content (AvgIpc) is 2.85. The van der Waals surface area contributed by atoms with Gasteiger partial charge in [0.15, 0.2) is 0 Å². The normalized spacial score (nSPS) is 12.3. The largest absolute Gasteiger partial charge is 0.476 e. The topological polar surface area (TPSA) is 62.2 Å². The number of carbonyl (C=O) groups is 1. The first-order chi connectivity index (χ1) is 9.08. The summed E-state index contributed by atoms with van der Waals surface area (Å²) in [5.41, 5.74) is 1.74. The number of halogens is 1. The van der Waals surface area contributed by atoms with E-state index in [-0.39, 0.29) is 11.0 Å². The van der Waals surface area contributed by atoms with Crippen molar-refractivity contribution in [3.63, 3.8) is 0 Å². The molecule has 0 aliphatic carbocycles. The number of aromatic nitrogens is 1. The minimum absolute atomic E-state index is 0.0729. The molecule has 0 fully saturated rings. The molecule has 0 radical (unpaired) electrons. The third-order valence-electron chi connectivity index (χ3n) is 2.70. The fourth-order valence-corrected chi connectivity index (χ4v) is 2.63. The Kier molecular flexibility index (Phi) is 4.52. The molecule has 1 atom stereocenters. The maximum atomic E-state index is 10.7. The van der Waals surface area contributed by atoms with Crippen LogP contribution in [0.2, 0.25) is 5.02 Å². The fourth-order valence-electron chi connectivity index (χ4n) is 1.68. The second-order valence-corrected chi connectivity index (χ2v) is 5.34. The molecule has 2 N–H and O–H groups in total. The quantitative estimate of drug-likeness (QED) is 0.888. The van der Waals surface area contributed by atoms with Crippen LogP contribution in [0.15, 0.2) is 29.6 Å². The zero-order valence-corrected chi connectivity index (χ0v) is 11.8. The summed E-state index contributed by atoms with van der Waals surface area (Å²) < 4.78 is 0. The predicted molar refractivity (Wildman–Crippen MR) is 75.8 cm³/mol. The molecular formula is C13H13ClN2O2S. The van der Waals surface area contributed by atoms with Crippen molar-refractivity contribution in [1.82, 2.24) is 10.3 Å². The van der Waals surface area contributed by atoms with Gasteiger partial charge in [-0.2, -0.15) is 0 Å². The van der Waals surface area contributed by atoms with E-state index in [4.69, 9.17) is 16.7 Å². The number of carboxylic acids is 1. The highest BCUT2D eigenvalue weighted by atomic mass is 35.5. The molecule has 0 saturated carbocycles. The molecule has 1 heterocycles. The van der Waals surface area contributed by atoms with Crippen molar-refractivity contribution in [3.8, 4) is 0 Å². The molecule has 2 rings (SSSR count). The van der Waals surface area contributed by atoms with Crippen molar-refractivity contribution >= 4 is 28.9 Å². The van der Waals surface area contributed by atoms with Crippen molar-refractivity contribution in [2.75, 3.05) is 0 Å². The summed E-state index contributed by atoms with van der Waals surface area (Å²) in [4.78, 5) is 14.7. The maximum Gasteiger partial charge on any atom is 0.365 e. The third kappa shape index (κ3) is 3.53. The Balaban J connectivity index is 1.98. The molecule has 1 aromatic carbocycles. The summed E-state index contributed by atoms with van der Waals surface area (Å²) in [6, 6.07) is 7.70. The highest BCUT2D eigenvalue weighted by Crippen LogP contribution is 2.22. The number of benzene rings is 1. The fraction of sp³-hybridized carbons (Fsp3) is 0.231. The Morgan fingerprint density at radius 2 is 2.26 bits per heavy atom. The van der Waals surface area contributed by atoms with Crippen LogP contribution in [-0.4, -0.2) is 16.1 Å². The van der Waals surface area contributed by atoms with Gasteiger partial charge in [0.25, 0.3) is 0 Å². The lowest BCUT2D eigenvalue weighted by atomic mass is 10.1. The van der Waals surface area contributed by atoms with Gasteiger partial charge in [0.05, 0.1) is 5.69 Å². The minimum atomic E-state index is -0.990. The van der Waals surface area contributed by atoms with Crippen LogP contribution in [0.4, 0.5) is 0 Å². The zero-order valence-electron chi connectivity index (χ0n) is 10.3. The molecular weight excluding hydrogens is 284 g/mol. The first-order valence-electron chi connectivity index (χ1n) is 5.73. The van der Waals surface area contributed by atoms with Crippen molar-refractivity contribution < 1.29 is 9.90 Å². The van der Waals surface area contributed by atoms with Gasteiger partial charge in [0.1, 0.15) is 0 Å². The molecule has 100 valence electrons. The van der Waals surface area contributed by atoms with Crippen LogP contribution >= 0.6 is 22.9 Å². The maximum absolute atomic E-state index is 10.7. The number of nitrogens with zero attached hydrogens (tertiary/aromatic N) is 1. The van der Waals surface area contributed by atoms with E-state index in [1.165, 1.54) is 0 Å².